The molecular weight excluding hydrogens is 300 g/mol. The summed E-state index contributed by atoms with van der Waals surface area (Å²) in [5.74, 6) is 0.147. The van der Waals surface area contributed by atoms with Crippen LogP contribution in [0.5, 0.6) is 5.75 Å². The molecule has 114 valence electrons. The lowest BCUT2D eigenvalue weighted by Crippen LogP contribution is -3.04. The average molecular weight is 317 g/mol. The summed E-state index contributed by atoms with van der Waals surface area (Å²) in [6, 6.07) is 3.15. The second kappa shape index (κ2) is 5.55. The Kier molecular flexibility index (Phi) is 3.72. The molecule has 1 aromatic carbocycles. The van der Waals surface area contributed by atoms with Gasteiger partial charge in [0.15, 0.2) is 0 Å². The van der Waals surface area contributed by atoms with E-state index in [1.54, 1.807) is 12.1 Å². The smallest absolute Gasteiger partial charge is 0.202 e. The molecule has 0 aliphatic carbocycles. The zero-order valence-corrected chi connectivity index (χ0v) is 13.5. The number of quaternary nitrogens is 1. The predicted octanol–water partition coefficient (Wildman–Crippen LogP) is 1.58. The van der Waals surface area contributed by atoms with E-state index >= 15 is 0 Å². The zero-order chi connectivity index (χ0) is 15.9. The molecule has 0 spiro atoms. The molecule has 0 saturated heterocycles. The third-order valence-electron chi connectivity index (χ3n) is 3.44. The number of hydrogen-bond acceptors (Lipinski definition) is 5. The number of aromatic nitrogens is 1. The van der Waals surface area contributed by atoms with E-state index in [0.717, 1.165) is 9.91 Å². The van der Waals surface area contributed by atoms with Gasteiger partial charge in [0.05, 0.1) is 41.3 Å². The van der Waals surface area contributed by atoms with Gasteiger partial charge in [-0.05, 0) is 19.1 Å². The highest BCUT2D eigenvalue weighted by atomic mass is 32.1. The molecule has 3 rings (SSSR count). The van der Waals surface area contributed by atoms with Crippen molar-refractivity contribution >= 4 is 22.3 Å². The van der Waals surface area contributed by atoms with E-state index in [0.29, 0.717) is 34.3 Å². The predicted molar refractivity (Wildman–Crippen MR) is 86.5 cm³/mol. The molecule has 0 atom stereocenters. The Morgan fingerprint density at radius 3 is 2.77 bits per heavy atom. The first-order valence-electron chi connectivity index (χ1n) is 6.95. The van der Waals surface area contributed by atoms with Crippen molar-refractivity contribution in [3.05, 3.63) is 44.6 Å². The summed E-state index contributed by atoms with van der Waals surface area (Å²) in [7, 11) is 3.95. The van der Waals surface area contributed by atoms with Crippen molar-refractivity contribution in [3.63, 3.8) is 0 Å². The van der Waals surface area contributed by atoms with Crippen molar-refractivity contribution in [2.45, 2.75) is 13.5 Å². The molecule has 0 saturated carbocycles. The highest BCUT2D eigenvalue weighted by Crippen LogP contribution is 2.27. The van der Waals surface area contributed by atoms with Crippen LogP contribution in [0.25, 0.3) is 22.2 Å². The topological polar surface area (TPSA) is 67.8 Å². The van der Waals surface area contributed by atoms with Gasteiger partial charge in [-0.3, -0.25) is 4.79 Å². The first kappa shape index (κ1) is 14.7. The van der Waals surface area contributed by atoms with Crippen LogP contribution in [0.1, 0.15) is 10.6 Å². The molecule has 0 radical (unpaired) electrons. The number of phenols is 1. The van der Waals surface area contributed by atoms with Crippen LogP contribution in [0.15, 0.2) is 33.0 Å². The average Bonchev–Trinajstić information content (AvgIpc) is 2.88. The Labute approximate surface area is 131 Å². The van der Waals surface area contributed by atoms with Gasteiger partial charge in [0.2, 0.25) is 5.43 Å². The second-order valence-electron chi connectivity index (χ2n) is 5.55. The first-order chi connectivity index (χ1) is 10.5. The van der Waals surface area contributed by atoms with Gasteiger partial charge in [0.25, 0.3) is 0 Å². The van der Waals surface area contributed by atoms with E-state index < -0.39 is 0 Å². The van der Waals surface area contributed by atoms with Crippen LogP contribution >= 0.6 is 11.3 Å². The van der Waals surface area contributed by atoms with Crippen LogP contribution in [0.2, 0.25) is 0 Å². The maximum atomic E-state index is 12.7. The van der Waals surface area contributed by atoms with Crippen molar-refractivity contribution in [2.75, 3.05) is 14.1 Å². The number of aromatic hydroxyl groups is 1. The summed E-state index contributed by atoms with van der Waals surface area (Å²) in [6.45, 7) is 2.47. The van der Waals surface area contributed by atoms with Gasteiger partial charge in [0, 0.05) is 5.38 Å². The number of thiazole rings is 1. The molecule has 2 heterocycles. The minimum atomic E-state index is -0.124. The number of phenolic OH excluding ortho intramolecular Hbond substituents is 1. The van der Waals surface area contributed by atoms with Crippen molar-refractivity contribution in [3.8, 4) is 17.0 Å². The Hall–Kier alpha value is -2.18. The summed E-state index contributed by atoms with van der Waals surface area (Å²) < 4.78 is 5.69. The van der Waals surface area contributed by atoms with Gasteiger partial charge >= 0.3 is 0 Å². The number of benzene rings is 1. The third-order valence-corrected chi connectivity index (χ3v) is 4.22. The maximum Gasteiger partial charge on any atom is 0.202 e. The SMILES string of the molecule is Cc1nc(-c2coc3c(C[NH+](C)C)c(O)ccc3c2=O)cs1. The normalized spacial score (nSPS) is 11.5. The first-order valence-corrected chi connectivity index (χ1v) is 7.83. The number of aryl methyl sites for hydroxylation is 1. The van der Waals surface area contributed by atoms with Crippen LogP contribution in [-0.2, 0) is 6.54 Å². The van der Waals surface area contributed by atoms with Gasteiger partial charge in [0.1, 0.15) is 24.1 Å². The van der Waals surface area contributed by atoms with Crippen LogP contribution < -0.4 is 10.3 Å². The summed E-state index contributed by atoms with van der Waals surface area (Å²) >= 11 is 1.49. The Morgan fingerprint density at radius 1 is 1.36 bits per heavy atom. The molecular formula is C16H17N2O3S+. The van der Waals surface area contributed by atoms with Gasteiger partial charge in [-0.1, -0.05) is 0 Å². The molecule has 0 aliphatic rings. The molecule has 6 heteroatoms. The molecule has 2 N–H and O–H groups in total. The minimum Gasteiger partial charge on any atom is -0.507 e. The quantitative estimate of drug-likeness (QED) is 0.769. The summed E-state index contributed by atoms with van der Waals surface area (Å²) in [4.78, 5) is 18.2. The van der Waals surface area contributed by atoms with Crippen molar-refractivity contribution in [1.82, 2.24) is 4.98 Å². The number of rotatable bonds is 3. The van der Waals surface area contributed by atoms with Crippen molar-refractivity contribution in [2.24, 2.45) is 0 Å². The van der Waals surface area contributed by atoms with E-state index in [2.05, 4.69) is 4.98 Å². The molecule has 0 unspecified atom stereocenters. The Balaban J connectivity index is 2.25. The van der Waals surface area contributed by atoms with Gasteiger partial charge in [-0.25, -0.2) is 4.98 Å². The summed E-state index contributed by atoms with van der Waals surface area (Å²) in [6.07, 6.45) is 1.44. The Bertz CT molecular complexity index is 896. The third kappa shape index (κ3) is 2.51. The zero-order valence-electron chi connectivity index (χ0n) is 12.6. The monoisotopic (exact) mass is 317 g/mol. The van der Waals surface area contributed by atoms with Crippen molar-refractivity contribution in [1.29, 1.82) is 0 Å². The highest BCUT2D eigenvalue weighted by molar-refractivity contribution is 7.09. The Morgan fingerprint density at radius 2 is 2.14 bits per heavy atom. The van der Waals surface area contributed by atoms with Crippen LogP contribution in [-0.4, -0.2) is 24.2 Å². The van der Waals surface area contributed by atoms with E-state index in [-0.39, 0.29) is 11.2 Å². The minimum absolute atomic E-state index is 0.124. The molecule has 0 aliphatic heterocycles. The lowest BCUT2D eigenvalue weighted by molar-refractivity contribution is -0.872. The van der Waals surface area contributed by atoms with E-state index in [9.17, 15) is 9.90 Å². The van der Waals surface area contributed by atoms with Crippen LogP contribution in [0.3, 0.4) is 0 Å². The highest BCUT2D eigenvalue weighted by Gasteiger charge is 2.17. The molecule has 2 aromatic heterocycles. The molecule has 0 amide bonds. The molecule has 5 nitrogen and oxygen atoms in total. The lowest BCUT2D eigenvalue weighted by Gasteiger charge is -2.11. The number of nitrogens with zero attached hydrogens (tertiary/aromatic N) is 1. The molecule has 3 aromatic rings. The van der Waals surface area contributed by atoms with E-state index in [1.165, 1.54) is 17.6 Å². The molecule has 0 fully saturated rings. The fraction of sp³-hybridized carbons (Fsp3) is 0.250. The summed E-state index contributed by atoms with van der Waals surface area (Å²) in [5, 5.41) is 13.3. The van der Waals surface area contributed by atoms with Gasteiger partial charge in [-0.15, -0.1) is 11.3 Å². The number of fused-ring (bicyclic) bond motifs is 1. The lowest BCUT2D eigenvalue weighted by atomic mass is 10.1. The summed E-state index contributed by atoms with van der Waals surface area (Å²) in [5.41, 5.74) is 2.05. The van der Waals surface area contributed by atoms with Crippen molar-refractivity contribution < 1.29 is 14.4 Å². The van der Waals surface area contributed by atoms with Gasteiger partial charge < -0.3 is 14.4 Å². The van der Waals surface area contributed by atoms with Crippen LogP contribution in [0.4, 0.5) is 0 Å². The van der Waals surface area contributed by atoms with E-state index in [1.807, 2.05) is 26.4 Å². The standard InChI is InChI=1S/C16H16N2O3S/c1-9-17-13(8-22-9)12-7-21-16-10(15(12)20)4-5-14(19)11(16)6-18(2)3/h4-5,7-8,19H,6H2,1-3H3/p+1. The van der Waals surface area contributed by atoms with Gasteiger partial charge in [-0.2, -0.15) is 0 Å². The fourth-order valence-corrected chi connectivity index (χ4v) is 3.05. The maximum absolute atomic E-state index is 12.7. The number of hydrogen-bond donors (Lipinski definition) is 2. The number of nitrogens with one attached hydrogen (secondary N) is 1. The van der Waals surface area contributed by atoms with E-state index in [4.69, 9.17) is 4.42 Å². The molecule has 22 heavy (non-hydrogen) atoms. The second-order valence-corrected chi connectivity index (χ2v) is 6.62. The molecule has 0 bridgehead atoms. The largest absolute Gasteiger partial charge is 0.507 e. The fourth-order valence-electron chi connectivity index (χ4n) is 2.44. The van der Waals surface area contributed by atoms with Crippen LogP contribution in [0, 0.1) is 6.92 Å².